The summed E-state index contributed by atoms with van der Waals surface area (Å²) in [5, 5.41) is 2.08. The molecule has 0 radical (unpaired) electrons. The van der Waals surface area contributed by atoms with Crippen LogP contribution in [0.4, 0.5) is 11.4 Å². The van der Waals surface area contributed by atoms with Crippen molar-refractivity contribution in [1.82, 2.24) is 0 Å². The molecule has 3 aromatic rings. The predicted molar refractivity (Wildman–Crippen MR) is 119 cm³/mol. The molecule has 2 aliphatic heterocycles. The van der Waals surface area contributed by atoms with Crippen LogP contribution in [0.15, 0.2) is 71.3 Å². The van der Waals surface area contributed by atoms with E-state index in [0.717, 1.165) is 4.90 Å². The number of furan rings is 1. The van der Waals surface area contributed by atoms with E-state index >= 15 is 0 Å². The van der Waals surface area contributed by atoms with Crippen molar-refractivity contribution in [3.05, 3.63) is 83.3 Å². The number of hydroxylamine groups is 1. The van der Waals surface area contributed by atoms with Gasteiger partial charge in [-0.25, -0.2) is 14.8 Å². The monoisotopic (exact) mass is 466 g/mol. The lowest BCUT2D eigenvalue weighted by Crippen LogP contribution is -2.37. The molecule has 1 aromatic heterocycles. The van der Waals surface area contributed by atoms with Gasteiger partial charge in [0.2, 0.25) is 5.91 Å². The Hall–Kier alpha value is -3.62. The molecule has 2 aromatic carbocycles. The highest BCUT2D eigenvalue weighted by atomic mass is 35.5. The maximum atomic E-state index is 13.5. The first-order valence-corrected chi connectivity index (χ1v) is 10.8. The minimum absolute atomic E-state index is 0.253. The number of benzene rings is 2. The first kappa shape index (κ1) is 21.2. The third kappa shape index (κ3) is 3.57. The van der Waals surface area contributed by atoms with E-state index in [1.807, 2.05) is 0 Å². The van der Waals surface area contributed by atoms with Gasteiger partial charge in [0.1, 0.15) is 17.7 Å². The van der Waals surface area contributed by atoms with E-state index in [0.29, 0.717) is 27.7 Å². The van der Waals surface area contributed by atoms with Crippen LogP contribution in [-0.2, 0) is 19.2 Å². The van der Waals surface area contributed by atoms with Gasteiger partial charge in [-0.15, -0.1) is 0 Å². The number of carbonyl (C=O) groups is 3. The van der Waals surface area contributed by atoms with Gasteiger partial charge in [0.15, 0.2) is 6.10 Å². The molecule has 0 N–H and O–H groups in total. The number of anilines is 2. The highest BCUT2D eigenvalue weighted by Crippen LogP contribution is 2.47. The molecular weight excluding hydrogens is 448 g/mol. The summed E-state index contributed by atoms with van der Waals surface area (Å²) in [6.07, 6.45) is 0.489. The van der Waals surface area contributed by atoms with E-state index < -0.39 is 35.8 Å². The Labute approximate surface area is 194 Å². The molecule has 2 amide bonds. The van der Waals surface area contributed by atoms with E-state index in [-0.39, 0.29) is 6.61 Å². The Morgan fingerprint density at radius 3 is 2.33 bits per heavy atom. The zero-order chi connectivity index (χ0) is 23.1. The number of halogens is 1. The number of ether oxygens (including phenoxy) is 1. The van der Waals surface area contributed by atoms with Gasteiger partial charge in [-0.1, -0.05) is 11.6 Å². The Kier molecular flexibility index (Phi) is 5.39. The summed E-state index contributed by atoms with van der Waals surface area (Å²) >= 11 is 6.01. The zero-order valence-corrected chi connectivity index (χ0v) is 18.3. The standard InChI is InChI=1S/C24H19ClN2O6/c1-2-31-24(30)14-5-9-16(10-6-14)26-22(28)19-20(18-4-3-13-32-18)27(33-21(19)23(26)29)17-11-7-15(25)8-12-17/h3-13,19-21H,2H2,1H3. The molecule has 2 fully saturated rings. The molecule has 2 aliphatic rings. The van der Waals surface area contributed by atoms with Crippen LogP contribution in [0.5, 0.6) is 0 Å². The van der Waals surface area contributed by atoms with E-state index in [1.165, 1.54) is 23.5 Å². The van der Waals surface area contributed by atoms with Crippen LogP contribution in [-0.4, -0.2) is 30.5 Å². The fourth-order valence-electron chi connectivity index (χ4n) is 4.19. The molecule has 33 heavy (non-hydrogen) atoms. The van der Waals surface area contributed by atoms with Crippen molar-refractivity contribution >= 4 is 40.8 Å². The van der Waals surface area contributed by atoms with E-state index in [1.54, 1.807) is 55.5 Å². The lowest BCUT2D eigenvalue weighted by Gasteiger charge is -2.27. The normalized spacial score (nSPS) is 22.1. The SMILES string of the molecule is CCOC(=O)c1ccc(N2C(=O)C3ON(c4ccc(Cl)cc4)C(c4ccco4)C3C2=O)cc1. The molecule has 0 aliphatic carbocycles. The average molecular weight is 467 g/mol. The number of imide groups is 1. The maximum Gasteiger partial charge on any atom is 0.338 e. The Balaban J connectivity index is 1.48. The molecule has 0 spiro atoms. The highest BCUT2D eigenvalue weighted by molar-refractivity contribution is 6.30. The van der Waals surface area contributed by atoms with E-state index in [2.05, 4.69) is 0 Å². The van der Waals surface area contributed by atoms with Gasteiger partial charge in [0.25, 0.3) is 5.91 Å². The molecule has 168 valence electrons. The molecule has 0 bridgehead atoms. The second-order valence-electron chi connectivity index (χ2n) is 7.59. The Bertz CT molecular complexity index is 1190. The average Bonchev–Trinajstić information content (AvgIpc) is 3.52. The summed E-state index contributed by atoms with van der Waals surface area (Å²) in [5.74, 6) is -1.68. The highest BCUT2D eigenvalue weighted by Gasteiger charge is 2.61. The number of fused-ring (bicyclic) bond motifs is 1. The quantitative estimate of drug-likeness (QED) is 0.412. The maximum absolute atomic E-state index is 13.5. The van der Waals surface area contributed by atoms with Gasteiger partial charge < -0.3 is 9.15 Å². The van der Waals surface area contributed by atoms with E-state index in [4.69, 9.17) is 25.6 Å². The number of esters is 1. The number of nitrogens with zero attached hydrogens (tertiary/aromatic N) is 2. The molecule has 0 saturated carbocycles. The predicted octanol–water partition coefficient (Wildman–Crippen LogP) is 4.16. The third-order valence-electron chi connectivity index (χ3n) is 5.67. The largest absolute Gasteiger partial charge is 0.467 e. The summed E-state index contributed by atoms with van der Waals surface area (Å²) < 4.78 is 10.6. The molecule has 3 heterocycles. The Morgan fingerprint density at radius 1 is 1.00 bits per heavy atom. The van der Waals surface area contributed by atoms with Crippen LogP contribution in [0.2, 0.25) is 5.02 Å². The van der Waals surface area contributed by atoms with Gasteiger partial charge in [-0.3, -0.25) is 14.4 Å². The van der Waals surface area contributed by atoms with Crippen molar-refractivity contribution in [2.75, 3.05) is 16.6 Å². The van der Waals surface area contributed by atoms with Crippen LogP contribution in [0, 0.1) is 5.92 Å². The summed E-state index contributed by atoms with van der Waals surface area (Å²) in [6, 6.07) is 15.9. The van der Waals surface area contributed by atoms with Crippen molar-refractivity contribution < 1.29 is 28.4 Å². The second kappa shape index (κ2) is 8.38. The van der Waals surface area contributed by atoms with Gasteiger partial charge >= 0.3 is 5.97 Å². The van der Waals surface area contributed by atoms with E-state index in [9.17, 15) is 14.4 Å². The smallest absolute Gasteiger partial charge is 0.338 e. The van der Waals surface area contributed by atoms with Crippen LogP contribution in [0.3, 0.4) is 0 Å². The van der Waals surface area contributed by atoms with Crippen molar-refractivity contribution in [2.24, 2.45) is 5.92 Å². The lowest BCUT2D eigenvalue weighted by atomic mass is 9.94. The number of carbonyl (C=O) groups excluding carboxylic acids is 3. The third-order valence-corrected chi connectivity index (χ3v) is 5.92. The molecule has 8 nitrogen and oxygen atoms in total. The fraction of sp³-hybridized carbons (Fsp3) is 0.208. The molecule has 2 saturated heterocycles. The molecular formula is C24H19ClN2O6. The van der Waals surface area contributed by atoms with Crippen molar-refractivity contribution in [2.45, 2.75) is 19.1 Å². The molecule has 5 rings (SSSR count). The van der Waals surface area contributed by atoms with Gasteiger partial charge in [0.05, 0.1) is 29.8 Å². The summed E-state index contributed by atoms with van der Waals surface area (Å²) in [6.45, 7) is 1.97. The lowest BCUT2D eigenvalue weighted by molar-refractivity contribution is -0.126. The zero-order valence-electron chi connectivity index (χ0n) is 17.5. The van der Waals surface area contributed by atoms with Crippen LogP contribution >= 0.6 is 11.6 Å². The minimum Gasteiger partial charge on any atom is -0.467 e. The van der Waals surface area contributed by atoms with Gasteiger partial charge in [-0.05, 0) is 67.6 Å². The second-order valence-corrected chi connectivity index (χ2v) is 8.03. The van der Waals surface area contributed by atoms with Gasteiger partial charge in [-0.2, -0.15) is 0 Å². The molecule has 3 atom stereocenters. The fourth-order valence-corrected chi connectivity index (χ4v) is 4.32. The van der Waals surface area contributed by atoms with Crippen LogP contribution in [0.1, 0.15) is 29.1 Å². The summed E-state index contributed by atoms with van der Waals surface area (Å²) in [7, 11) is 0. The number of hydrogen-bond donors (Lipinski definition) is 0. The molecule has 9 heteroatoms. The number of amides is 2. The summed E-state index contributed by atoms with van der Waals surface area (Å²) in [4.78, 5) is 45.8. The molecule has 3 unspecified atom stereocenters. The topological polar surface area (TPSA) is 89.3 Å². The van der Waals surface area contributed by atoms with Crippen molar-refractivity contribution in [1.29, 1.82) is 0 Å². The van der Waals surface area contributed by atoms with Crippen LogP contribution < -0.4 is 9.96 Å². The van der Waals surface area contributed by atoms with Gasteiger partial charge in [0, 0.05) is 5.02 Å². The summed E-state index contributed by atoms with van der Waals surface area (Å²) in [5.41, 5.74) is 1.33. The Morgan fingerprint density at radius 2 is 1.70 bits per heavy atom. The number of hydrogen-bond acceptors (Lipinski definition) is 7. The van der Waals surface area contributed by atoms with Crippen molar-refractivity contribution in [3.8, 4) is 0 Å². The first-order chi connectivity index (χ1) is 16.0. The first-order valence-electron chi connectivity index (χ1n) is 10.4. The minimum atomic E-state index is -1.02. The van der Waals surface area contributed by atoms with Crippen molar-refractivity contribution in [3.63, 3.8) is 0 Å². The number of rotatable bonds is 5. The van der Waals surface area contributed by atoms with Crippen LogP contribution in [0.25, 0.3) is 0 Å².